The summed E-state index contributed by atoms with van der Waals surface area (Å²) < 4.78 is 7.00. The topological polar surface area (TPSA) is 68.5 Å². The van der Waals surface area contributed by atoms with Gasteiger partial charge in [-0.15, -0.1) is 0 Å². The monoisotopic (exact) mass is 237 g/mol. The summed E-state index contributed by atoms with van der Waals surface area (Å²) in [7, 11) is 0. The lowest BCUT2D eigenvalue weighted by Gasteiger charge is -2.15. The Hall–Kier alpha value is -1.62. The first-order chi connectivity index (χ1) is 8.08. The van der Waals surface area contributed by atoms with Crippen LogP contribution in [0.3, 0.4) is 0 Å². The Kier molecular flexibility index (Phi) is 3.28. The van der Waals surface area contributed by atoms with E-state index in [1.807, 2.05) is 13.0 Å². The average Bonchev–Trinajstić information content (AvgIpc) is 2.72. The molecule has 5 heteroatoms. The third-order valence-corrected chi connectivity index (χ3v) is 3.04. The summed E-state index contributed by atoms with van der Waals surface area (Å²) in [5, 5.41) is 8.81. The molecule has 0 saturated carbocycles. The zero-order chi connectivity index (χ0) is 12.4. The van der Waals surface area contributed by atoms with Crippen LogP contribution in [-0.2, 0) is 16.1 Å². The van der Waals surface area contributed by atoms with E-state index < -0.39 is 12.1 Å². The number of hydrogen-bond acceptors (Lipinski definition) is 3. The molecule has 2 atom stereocenters. The molecular formula is C12H15NO4. The minimum Gasteiger partial charge on any atom is -0.479 e. The van der Waals surface area contributed by atoms with Gasteiger partial charge in [0, 0.05) is 11.8 Å². The molecule has 0 aliphatic carbocycles. The van der Waals surface area contributed by atoms with Gasteiger partial charge in [0.1, 0.15) is 0 Å². The molecule has 1 aliphatic rings. The van der Waals surface area contributed by atoms with Crippen LogP contribution in [0.25, 0.3) is 0 Å². The first-order valence-electron chi connectivity index (χ1n) is 5.62. The Labute approximate surface area is 98.6 Å². The highest BCUT2D eigenvalue weighted by atomic mass is 16.5. The zero-order valence-electron chi connectivity index (χ0n) is 9.63. The Morgan fingerprint density at radius 3 is 2.88 bits per heavy atom. The van der Waals surface area contributed by atoms with Gasteiger partial charge in [-0.1, -0.05) is 6.07 Å². The number of aryl methyl sites for hydroxylation is 1. The lowest BCUT2D eigenvalue weighted by Crippen LogP contribution is -2.29. The van der Waals surface area contributed by atoms with Crippen molar-refractivity contribution in [1.82, 2.24) is 4.57 Å². The normalized spacial score (nSPS) is 23.8. The number of carboxylic acids is 1. The minimum atomic E-state index is -0.926. The van der Waals surface area contributed by atoms with Crippen molar-refractivity contribution >= 4 is 5.97 Å². The summed E-state index contributed by atoms with van der Waals surface area (Å²) in [4.78, 5) is 22.4. The Bertz CT molecular complexity index is 480. The summed E-state index contributed by atoms with van der Waals surface area (Å²) in [5.41, 5.74) is 0.784. The van der Waals surface area contributed by atoms with Gasteiger partial charge < -0.3 is 14.4 Å². The number of hydrogen-bond donors (Lipinski definition) is 1. The van der Waals surface area contributed by atoms with Gasteiger partial charge in [0.2, 0.25) is 0 Å². The van der Waals surface area contributed by atoms with Crippen LogP contribution in [0.2, 0.25) is 0 Å². The summed E-state index contributed by atoms with van der Waals surface area (Å²) in [5.74, 6) is -0.926. The minimum absolute atomic E-state index is 0.0765. The number of nitrogens with zero attached hydrogens (tertiary/aromatic N) is 1. The molecule has 5 nitrogen and oxygen atoms in total. The Morgan fingerprint density at radius 1 is 1.53 bits per heavy atom. The molecule has 2 rings (SSSR count). The number of aliphatic carboxylic acids is 1. The fourth-order valence-corrected chi connectivity index (χ4v) is 2.08. The lowest BCUT2D eigenvalue weighted by atomic mass is 10.2. The van der Waals surface area contributed by atoms with Crippen LogP contribution in [0, 0.1) is 6.92 Å². The molecule has 0 bridgehead atoms. The second kappa shape index (κ2) is 4.71. The van der Waals surface area contributed by atoms with Gasteiger partial charge in [-0.05, 0) is 25.8 Å². The van der Waals surface area contributed by atoms with Crippen LogP contribution < -0.4 is 5.56 Å². The van der Waals surface area contributed by atoms with Crippen molar-refractivity contribution in [3.63, 3.8) is 0 Å². The quantitative estimate of drug-likeness (QED) is 0.843. The van der Waals surface area contributed by atoms with E-state index in [-0.39, 0.29) is 11.7 Å². The van der Waals surface area contributed by atoms with E-state index in [1.165, 1.54) is 6.07 Å². The van der Waals surface area contributed by atoms with E-state index in [1.54, 1.807) is 10.6 Å². The summed E-state index contributed by atoms with van der Waals surface area (Å²) in [6, 6.07) is 5.06. The molecule has 0 aromatic carbocycles. The van der Waals surface area contributed by atoms with Gasteiger partial charge in [0.15, 0.2) is 6.10 Å². The maximum atomic E-state index is 11.6. The average molecular weight is 237 g/mol. The summed E-state index contributed by atoms with van der Waals surface area (Å²) in [6.07, 6.45) is 0.285. The van der Waals surface area contributed by atoms with Crippen LogP contribution in [0.15, 0.2) is 23.0 Å². The lowest BCUT2D eigenvalue weighted by molar-refractivity contribution is -0.149. The van der Waals surface area contributed by atoms with Crippen LogP contribution in [-0.4, -0.2) is 27.9 Å². The third-order valence-electron chi connectivity index (χ3n) is 3.04. The highest BCUT2D eigenvalue weighted by molar-refractivity contribution is 5.72. The molecule has 1 aromatic heterocycles. The summed E-state index contributed by atoms with van der Waals surface area (Å²) >= 11 is 0. The van der Waals surface area contributed by atoms with Crippen LogP contribution in [0.1, 0.15) is 18.5 Å². The number of rotatable bonds is 3. The fraction of sp³-hybridized carbons (Fsp3) is 0.500. The summed E-state index contributed by atoms with van der Waals surface area (Å²) in [6.45, 7) is 2.28. The van der Waals surface area contributed by atoms with Crippen molar-refractivity contribution in [2.75, 3.05) is 0 Å². The van der Waals surface area contributed by atoms with Gasteiger partial charge in [-0.3, -0.25) is 4.79 Å². The SMILES string of the molecule is Cc1cccc(=O)n1CC1CCC(C(=O)O)O1. The molecule has 2 heterocycles. The number of ether oxygens (including phenoxy) is 1. The maximum Gasteiger partial charge on any atom is 0.332 e. The molecule has 0 spiro atoms. The predicted octanol–water partition coefficient (Wildman–Crippen LogP) is 0.789. The molecule has 1 aliphatic heterocycles. The van der Waals surface area contributed by atoms with Crippen molar-refractivity contribution in [3.05, 3.63) is 34.2 Å². The first kappa shape index (κ1) is 11.9. The van der Waals surface area contributed by atoms with E-state index in [0.29, 0.717) is 19.4 Å². The molecule has 1 aromatic rings. The smallest absolute Gasteiger partial charge is 0.332 e. The van der Waals surface area contributed by atoms with Crippen molar-refractivity contribution in [2.45, 2.75) is 38.5 Å². The molecule has 92 valence electrons. The Morgan fingerprint density at radius 2 is 2.29 bits per heavy atom. The van der Waals surface area contributed by atoms with E-state index in [9.17, 15) is 9.59 Å². The number of pyridine rings is 1. The second-order valence-corrected chi connectivity index (χ2v) is 4.28. The molecule has 1 saturated heterocycles. The van der Waals surface area contributed by atoms with Crippen molar-refractivity contribution in [2.24, 2.45) is 0 Å². The van der Waals surface area contributed by atoms with E-state index in [0.717, 1.165) is 5.69 Å². The van der Waals surface area contributed by atoms with E-state index in [2.05, 4.69) is 0 Å². The molecule has 1 fully saturated rings. The highest BCUT2D eigenvalue weighted by Crippen LogP contribution is 2.21. The molecule has 0 radical (unpaired) electrons. The van der Waals surface area contributed by atoms with Crippen molar-refractivity contribution in [1.29, 1.82) is 0 Å². The van der Waals surface area contributed by atoms with Crippen LogP contribution >= 0.6 is 0 Å². The first-order valence-corrected chi connectivity index (χ1v) is 5.62. The fourth-order valence-electron chi connectivity index (χ4n) is 2.08. The third kappa shape index (κ3) is 2.55. The zero-order valence-corrected chi connectivity index (χ0v) is 9.63. The molecule has 17 heavy (non-hydrogen) atoms. The highest BCUT2D eigenvalue weighted by Gasteiger charge is 2.30. The number of carbonyl (C=O) groups is 1. The number of aromatic nitrogens is 1. The van der Waals surface area contributed by atoms with Gasteiger partial charge in [-0.2, -0.15) is 0 Å². The largest absolute Gasteiger partial charge is 0.479 e. The van der Waals surface area contributed by atoms with Gasteiger partial charge in [0.25, 0.3) is 5.56 Å². The molecular weight excluding hydrogens is 222 g/mol. The van der Waals surface area contributed by atoms with E-state index in [4.69, 9.17) is 9.84 Å². The molecule has 1 N–H and O–H groups in total. The molecule has 2 unspecified atom stereocenters. The van der Waals surface area contributed by atoms with Gasteiger partial charge in [0.05, 0.1) is 12.6 Å². The second-order valence-electron chi connectivity index (χ2n) is 4.28. The predicted molar refractivity (Wildman–Crippen MR) is 61.0 cm³/mol. The van der Waals surface area contributed by atoms with Crippen LogP contribution in [0.5, 0.6) is 0 Å². The van der Waals surface area contributed by atoms with Gasteiger partial charge in [-0.25, -0.2) is 4.79 Å². The van der Waals surface area contributed by atoms with Crippen molar-refractivity contribution < 1.29 is 14.6 Å². The van der Waals surface area contributed by atoms with Crippen molar-refractivity contribution in [3.8, 4) is 0 Å². The molecule has 0 amide bonds. The number of carboxylic acid groups (broad SMARTS) is 1. The maximum absolute atomic E-state index is 11.6. The standard InChI is InChI=1S/C12H15NO4/c1-8-3-2-4-11(14)13(8)7-9-5-6-10(17-9)12(15)16/h2-4,9-10H,5-7H2,1H3,(H,15,16). The van der Waals surface area contributed by atoms with E-state index >= 15 is 0 Å². The van der Waals surface area contributed by atoms with Crippen LogP contribution in [0.4, 0.5) is 0 Å². The Balaban J connectivity index is 2.08. The van der Waals surface area contributed by atoms with Gasteiger partial charge >= 0.3 is 5.97 Å².